The van der Waals surface area contributed by atoms with Gasteiger partial charge in [-0.1, -0.05) is 18.2 Å². The molecule has 0 spiro atoms. The Morgan fingerprint density at radius 1 is 1.06 bits per heavy atom. The summed E-state index contributed by atoms with van der Waals surface area (Å²) < 4.78 is 39.4. The number of nitrogens with zero attached hydrogens (tertiary/aromatic N) is 4. The maximum absolute atomic E-state index is 13.1. The number of halogens is 3. The van der Waals surface area contributed by atoms with E-state index in [0.29, 0.717) is 25.9 Å². The predicted molar refractivity (Wildman–Crippen MR) is 112 cm³/mol. The topological polar surface area (TPSA) is 61.4 Å². The molecule has 3 heterocycles. The number of nitrogens with one attached hydrogen (secondary N) is 1. The van der Waals surface area contributed by atoms with Gasteiger partial charge in [0.05, 0.1) is 17.4 Å². The van der Waals surface area contributed by atoms with E-state index in [9.17, 15) is 18.0 Å². The third kappa shape index (κ3) is 4.91. The van der Waals surface area contributed by atoms with Crippen molar-refractivity contribution in [3.63, 3.8) is 0 Å². The van der Waals surface area contributed by atoms with Crippen molar-refractivity contribution in [2.75, 3.05) is 36.0 Å². The van der Waals surface area contributed by atoms with Crippen LogP contribution in [0.25, 0.3) is 0 Å². The third-order valence-electron chi connectivity index (χ3n) is 6.06. The lowest BCUT2D eigenvalue weighted by Crippen LogP contribution is -2.41. The minimum absolute atomic E-state index is 0.0810. The molecular weight excluding hydrogens is 407 g/mol. The standard InChI is InChI=1S/C22H26F3N5O/c23-22(24,25)18-6-2-1-5-17(18)13-27-21(31)16-7-11-29(12-8-16)19-14-26-15-28-20(19)30-9-3-4-10-30/h1-2,5-6,14-16H,3-4,7-13H2,(H,27,31). The summed E-state index contributed by atoms with van der Waals surface area (Å²) in [5, 5.41) is 2.70. The molecule has 1 N–H and O–H groups in total. The normalized spacial score (nSPS) is 17.8. The van der Waals surface area contributed by atoms with Gasteiger partial charge in [0, 0.05) is 38.6 Å². The van der Waals surface area contributed by atoms with Gasteiger partial charge in [-0.2, -0.15) is 13.2 Å². The van der Waals surface area contributed by atoms with Gasteiger partial charge in [0.15, 0.2) is 5.82 Å². The number of aromatic nitrogens is 2. The van der Waals surface area contributed by atoms with E-state index in [0.717, 1.165) is 43.5 Å². The molecule has 1 amide bonds. The van der Waals surface area contributed by atoms with Crippen LogP contribution >= 0.6 is 0 Å². The van der Waals surface area contributed by atoms with E-state index in [-0.39, 0.29) is 23.9 Å². The van der Waals surface area contributed by atoms with Gasteiger partial charge in [-0.25, -0.2) is 9.97 Å². The minimum atomic E-state index is -4.43. The summed E-state index contributed by atoms with van der Waals surface area (Å²) in [6, 6.07) is 5.35. The highest BCUT2D eigenvalue weighted by Crippen LogP contribution is 2.33. The minimum Gasteiger partial charge on any atom is -0.367 e. The third-order valence-corrected chi connectivity index (χ3v) is 6.06. The van der Waals surface area contributed by atoms with E-state index in [1.807, 2.05) is 6.20 Å². The highest BCUT2D eigenvalue weighted by atomic mass is 19.4. The van der Waals surface area contributed by atoms with Crippen molar-refractivity contribution in [1.29, 1.82) is 0 Å². The summed E-state index contributed by atoms with van der Waals surface area (Å²) in [6.07, 6.45) is 2.55. The summed E-state index contributed by atoms with van der Waals surface area (Å²) in [6.45, 7) is 3.22. The van der Waals surface area contributed by atoms with Crippen LogP contribution in [0.2, 0.25) is 0 Å². The zero-order valence-corrected chi connectivity index (χ0v) is 17.2. The summed E-state index contributed by atoms with van der Waals surface area (Å²) in [7, 11) is 0. The fourth-order valence-corrected chi connectivity index (χ4v) is 4.37. The number of carbonyl (C=O) groups is 1. The smallest absolute Gasteiger partial charge is 0.367 e. The van der Waals surface area contributed by atoms with Crippen LogP contribution < -0.4 is 15.1 Å². The first-order valence-corrected chi connectivity index (χ1v) is 10.7. The lowest BCUT2D eigenvalue weighted by Gasteiger charge is -2.34. The van der Waals surface area contributed by atoms with Crippen LogP contribution in [0.5, 0.6) is 0 Å². The van der Waals surface area contributed by atoms with Gasteiger partial charge in [0.2, 0.25) is 5.91 Å². The lowest BCUT2D eigenvalue weighted by atomic mass is 9.95. The summed E-state index contributed by atoms with van der Waals surface area (Å²) in [4.78, 5) is 25.8. The molecule has 9 heteroatoms. The van der Waals surface area contributed by atoms with Crippen molar-refractivity contribution < 1.29 is 18.0 Å². The molecule has 0 unspecified atom stereocenters. The monoisotopic (exact) mass is 433 g/mol. The molecule has 1 aromatic carbocycles. The Hall–Kier alpha value is -2.84. The second-order valence-electron chi connectivity index (χ2n) is 8.06. The van der Waals surface area contributed by atoms with E-state index >= 15 is 0 Å². The first-order valence-electron chi connectivity index (χ1n) is 10.7. The fourth-order valence-electron chi connectivity index (χ4n) is 4.37. The van der Waals surface area contributed by atoms with Gasteiger partial charge in [-0.15, -0.1) is 0 Å². The maximum Gasteiger partial charge on any atom is 0.416 e. The number of alkyl halides is 3. The van der Waals surface area contributed by atoms with E-state index in [2.05, 4.69) is 25.1 Å². The number of amides is 1. The first-order chi connectivity index (χ1) is 14.9. The highest BCUT2D eigenvalue weighted by molar-refractivity contribution is 5.79. The van der Waals surface area contributed by atoms with E-state index in [1.165, 1.54) is 12.1 Å². The van der Waals surface area contributed by atoms with Crippen molar-refractivity contribution >= 4 is 17.4 Å². The first kappa shape index (κ1) is 21.4. The van der Waals surface area contributed by atoms with Crippen molar-refractivity contribution in [3.8, 4) is 0 Å². The molecule has 6 nitrogen and oxygen atoms in total. The van der Waals surface area contributed by atoms with Crippen molar-refractivity contribution in [2.45, 2.75) is 38.4 Å². The lowest BCUT2D eigenvalue weighted by molar-refractivity contribution is -0.138. The van der Waals surface area contributed by atoms with Crippen LogP contribution in [0.1, 0.15) is 36.8 Å². The van der Waals surface area contributed by atoms with E-state index in [4.69, 9.17) is 0 Å². The summed E-state index contributed by atoms with van der Waals surface area (Å²) >= 11 is 0. The second-order valence-corrected chi connectivity index (χ2v) is 8.06. The van der Waals surface area contributed by atoms with Crippen molar-refractivity contribution in [3.05, 3.63) is 47.9 Å². The van der Waals surface area contributed by atoms with Gasteiger partial charge in [-0.3, -0.25) is 4.79 Å². The Kier molecular flexibility index (Phi) is 6.29. The largest absolute Gasteiger partial charge is 0.416 e. The number of anilines is 2. The van der Waals surface area contributed by atoms with Crippen molar-refractivity contribution in [1.82, 2.24) is 15.3 Å². The molecule has 0 saturated carbocycles. The number of hydrogen-bond donors (Lipinski definition) is 1. The number of carbonyl (C=O) groups excluding carboxylic acids is 1. The number of rotatable bonds is 5. The molecule has 4 rings (SSSR count). The molecule has 0 bridgehead atoms. The molecule has 2 aliphatic rings. The molecule has 1 aromatic heterocycles. The van der Waals surface area contributed by atoms with Gasteiger partial charge >= 0.3 is 6.18 Å². The van der Waals surface area contributed by atoms with Gasteiger partial charge in [0.1, 0.15) is 6.33 Å². The Balaban J connectivity index is 1.34. The van der Waals surface area contributed by atoms with Crippen LogP contribution in [-0.2, 0) is 17.5 Å². The number of benzene rings is 1. The molecule has 166 valence electrons. The van der Waals surface area contributed by atoms with Crippen LogP contribution in [-0.4, -0.2) is 42.1 Å². The molecule has 2 aromatic rings. The molecule has 0 atom stereocenters. The summed E-state index contributed by atoms with van der Waals surface area (Å²) in [5.41, 5.74) is 0.364. The second kappa shape index (κ2) is 9.11. The average Bonchev–Trinajstić information content (AvgIpc) is 3.32. The average molecular weight is 433 g/mol. The van der Waals surface area contributed by atoms with Crippen LogP contribution in [0.15, 0.2) is 36.8 Å². The molecule has 0 radical (unpaired) electrons. The Morgan fingerprint density at radius 3 is 2.48 bits per heavy atom. The number of hydrogen-bond acceptors (Lipinski definition) is 5. The Morgan fingerprint density at radius 2 is 1.77 bits per heavy atom. The zero-order chi connectivity index (χ0) is 21.8. The molecular formula is C22H26F3N5O. The molecule has 0 aliphatic carbocycles. The van der Waals surface area contributed by atoms with Crippen LogP contribution in [0, 0.1) is 5.92 Å². The van der Waals surface area contributed by atoms with Gasteiger partial charge in [0.25, 0.3) is 0 Å². The van der Waals surface area contributed by atoms with Crippen molar-refractivity contribution in [2.24, 2.45) is 5.92 Å². The van der Waals surface area contributed by atoms with Crippen LogP contribution in [0.3, 0.4) is 0 Å². The molecule has 2 saturated heterocycles. The quantitative estimate of drug-likeness (QED) is 0.780. The summed E-state index contributed by atoms with van der Waals surface area (Å²) in [5.74, 6) is 0.536. The Bertz CT molecular complexity index is 906. The van der Waals surface area contributed by atoms with E-state index < -0.39 is 11.7 Å². The fraction of sp³-hybridized carbons (Fsp3) is 0.500. The molecule has 31 heavy (non-hydrogen) atoms. The predicted octanol–water partition coefficient (Wildman–Crippen LogP) is 3.63. The van der Waals surface area contributed by atoms with E-state index in [1.54, 1.807) is 12.4 Å². The zero-order valence-electron chi connectivity index (χ0n) is 17.2. The SMILES string of the molecule is O=C(NCc1ccccc1C(F)(F)F)C1CCN(c2cncnc2N2CCCC2)CC1. The molecule has 2 fully saturated rings. The maximum atomic E-state index is 13.1. The van der Waals surface area contributed by atoms with Gasteiger partial charge in [-0.05, 0) is 37.3 Å². The number of piperidine rings is 1. The molecule has 2 aliphatic heterocycles. The van der Waals surface area contributed by atoms with Crippen LogP contribution in [0.4, 0.5) is 24.7 Å². The Labute approximate surface area is 179 Å². The van der Waals surface area contributed by atoms with Gasteiger partial charge < -0.3 is 15.1 Å². The highest BCUT2D eigenvalue weighted by Gasteiger charge is 2.33.